The molecule has 1 aromatic rings. The van der Waals surface area contributed by atoms with Crippen LogP contribution in [0.25, 0.3) is 0 Å². The molecule has 1 aliphatic heterocycles. The molecule has 0 radical (unpaired) electrons. The number of nitrogens with zero attached hydrogens (tertiary/aromatic N) is 1. The first kappa shape index (κ1) is 13.4. The van der Waals surface area contributed by atoms with Gasteiger partial charge in [-0.15, -0.1) is 6.58 Å². The van der Waals surface area contributed by atoms with Crippen LogP contribution < -0.4 is 11.1 Å². The molecule has 0 spiro atoms. The zero-order valence-corrected chi connectivity index (χ0v) is 11.8. The van der Waals surface area contributed by atoms with Crippen LogP contribution in [-0.2, 0) is 0 Å². The van der Waals surface area contributed by atoms with Gasteiger partial charge in [-0.1, -0.05) is 22.0 Å². The van der Waals surface area contributed by atoms with Gasteiger partial charge in [0, 0.05) is 36.2 Å². The fourth-order valence-corrected chi connectivity index (χ4v) is 2.85. The monoisotopic (exact) mass is 311 g/mol. The Bertz CT molecular complexity index is 444. The van der Waals surface area contributed by atoms with Gasteiger partial charge in [0.15, 0.2) is 0 Å². The lowest BCUT2D eigenvalue weighted by Gasteiger charge is -2.34. The quantitative estimate of drug-likeness (QED) is 0.453. The Morgan fingerprint density at radius 2 is 2.11 bits per heavy atom. The summed E-state index contributed by atoms with van der Waals surface area (Å²) < 4.78 is 0.859. The second-order valence-corrected chi connectivity index (χ2v) is 5.22. The highest BCUT2D eigenvalue weighted by molar-refractivity contribution is 9.10. The Hall–Kier alpha value is -1.04. The fourth-order valence-electron chi connectivity index (χ4n) is 2.29. The smallest absolute Gasteiger partial charge is 0.144 e. The van der Waals surface area contributed by atoms with Crippen molar-refractivity contribution in [3.05, 3.63) is 34.8 Å². The number of nitrogens with two attached hydrogens (primary N) is 1. The number of anilines is 1. The molecular weight excluding hydrogens is 294 g/mol. The minimum Gasteiger partial charge on any atom is -0.505 e. The zero-order valence-electron chi connectivity index (χ0n) is 10.2. The second-order valence-electron chi connectivity index (χ2n) is 4.37. The van der Waals surface area contributed by atoms with Gasteiger partial charge >= 0.3 is 0 Å². The largest absolute Gasteiger partial charge is 0.505 e. The third kappa shape index (κ3) is 2.53. The molecule has 2 rings (SSSR count). The number of halogens is 1. The van der Waals surface area contributed by atoms with E-state index in [0.717, 1.165) is 36.2 Å². The first-order chi connectivity index (χ1) is 8.65. The normalized spacial score (nSPS) is 18.5. The van der Waals surface area contributed by atoms with Crippen molar-refractivity contribution in [2.45, 2.75) is 6.04 Å². The van der Waals surface area contributed by atoms with E-state index in [0.29, 0.717) is 5.69 Å². The molecule has 1 saturated heterocycles. The summed E-state index contributed by atoms with van der Waals surface area (Å²) in [6.45, 7) is 7.64. The van der Waals surface area contributed by atoms with Gasteiger partial charge in [-0.05, 0) is 12.1 Å². The van der Waals surface area contributed by atoms with Crippen LogP contribution in [0, 0.1) is 0 Å². The predicted molar refractivity (Wildman–Crippen MR) is 77.6 cm³/mol. The van der Waals surface area contributed by atoms with Crippen molar-refractivity contribution in [3.63, 3.8) is 0 Å². The average Bonchev–Trinajstić information content (AvgIpc) is 2.40. The summed E-state index contributed by atoms with van der Waals surface area (Å²) in [5.74, 6) is 0.146. The molecule has 98 valence electrons. The molecule has 1 heterocycles. The van der Waals surface area contributed by atoms with Crippen molar-refractivity contribution in [1.29, 1.82) is 0 Å². The molecule has 0 saturated carbocycles. The van der Waals surface area contributed by atoms with Gasteiger partial charge in [-0.2, -0.15) is 0 Å². The molecular formula is C13H18BrN3O. The van der Waals surface area contributed by atoms with Crippen LogP contribution >= 0.6 is 15.9 Å². The molecule has 1 aliphatic rings. The van der Waals surface area contributed by atoms with Crippen molar-refractivity contribution in [2.24, 2.45) is 0 Å². The molecule has 0 aliphatic carbocycles. The van der Waals surface area contributed by atoms with Crippen LogP contribution in [0.1, 0.15) is 11.6 Å². The SMILES string of the molecule is C=C[C@@H](c1c(Br)ccc(N)c1O)N1CCNCC1. The minimum absolute atomic E-state index is 0.0232. The van der Waals surface area contributed by atoms with Crippen LogP contribution in [0.5, 0.6) is 5.75 Å². The molecule has 4 nitrogen and oxygen atoms in total. The zero-order chi connectivity index (χ0) is 13.1. The lowest BCUT2D eigenvalue weighted by Crippen LogP contribution is -2.44. The van der Waals surface area contributed by atoms with Crippen molar-refractivity contribution in [2.75, 3.05) is 31.9 Å². The molecule has 4 N–H and O–H groups in total. The fraction of sp³-hybridized carbons (Fsp3) is 0.385. The van der Waals surface area contributed by atoms with Gasteiger partial charge in [0.05, 0.1) is 11.7 Å². The Morgan fingerprint density at radius 3 is 2.72 bits per heavy atom. The van der Waals surface area contributed by atoms with E-state index in [4.69, 9.17) is 5.73 Å². The Morgan fingerprint density at radius 1 is 1.44 bits per heavy atom. The standard InChI is InChI=1S/C13H18BrN3O/c1-2-11(17-7-5-16-6-8-17)12-9(14)3-4-10(15)13(12)18/h2-4,11,16,18H,1,5-8,15H2/t11-/m0/s1. The van der Waals surface area contributed by atoms with Gasteiger partial charge in [0.1, 0.15) is 5.75 Å². The first-order valence-electron chi connectivity index (χ1n) is 5.99. The molecule has 5 heteroatoms. The van der Waals surface area contributed by atoms with Crippen LogP contribution in [0.2, 0.25) is 0 Å². The van der Waals surface area contributed by atoms with Crippen molar-refractivity contribution in [3.8, 4) is 5.75 Å². The summed E-state index contributed by atoms with van der Waals surface area (Å²) in [4.78, 5) is 2.28. The molecule has 1 atom stereocenters. The number of phenols is 1. The summed E-state index contributed by atoms with van der Waals surface area (Å²) >= 11 is 3.48. The van der Waals surface area contributed by atoms with Gasteiger partial charge < -0.3 is 16.2 Å². The summed E-state index contributed by atoms with van der Waals surface area (Å²) in [6.07, 6.45) is 1.85. The molecule has 0 aromatic heterocycles. The van der Waals surface area contributed by atoms with Crippen LogP contribution in [0.3, 0.4) is 0 Å². The first-order valence-corrected chi connectivity index (χ1v) is 6.78. The molecule has 1 aromatic carbocycles. The number of nitrogen functional groups attached to an aromatic ring is 1. The maximum Gasteiger partial charge on any atom is 0.144 e. The van der Waals surface area contributed by atoms with Gasteiger partial charge in [0.25, 0.3) is 0 Å². The van der Waals surface area contributed by atoms with E-state index in [9.17, 15) is 5.11 Å². The van der Waals surface area contributed by atoms with Gasteiger partial charge in [-0.25, -0.2) is 0 Å². The summed E-state index contributed by atoms with van der Waals surface area (Å²) in [5.41, 5.74) is 6.97. The third-order valence-electron chi connectivity index (χ3n) is 3.26. The number of phenolic OH excluding ortho intramolecular Hbond substituents is 1. The van der Waals surface area contributed by atoms with E-state index in [1.54, 1.807) is 6.07 Å². The maximum absolute atomic E-state index is 10.2. The van der Waals surface area contributed by atoms with Crippen LogP contribution in [0.15, 0.2) is 29.3 Å². The topological polar surface area (TPSA) is 61.5 Å². The van der Waals surface area contributed by atoms with Crippen molar-refractivity contribution in [1.82, 2.24) is 10.2 Å². The number of piperazine rings is 1. The van der Waals surface area contributed by atoms with E-state index >= 15 is 0 Å². The Balaban J connectivity index is 2.37. The highest BCUT2D eigenvalue weighted by atomic mass is 79.9. The average molecular weight is 312 g/mol. The molecule has 0 amide bonds. The molecule has 18 heavy (non-hydrogen) atoms. The number of hydrogen-bond donors (Lipinski definition) is 3. The lowest BCUT2D eigenvalue weighted by atomic mass is 10.0. The van der Waals surface area contributed by atoms with Crippen molar-refractivity contribution >= 4 is 21.6 Å². The molecule has 0 bridgehead atoms. The highest BCUT2D eigenvalue weighted by Crippen LogP contribution is 2.39. The Labute approximate surface area is 116 Å². The molecule has 0 unspecified atom stereocenters. The highest BCUT2D eigenvalue weighted by Gasteiger charge is 2.24. The number of aromatic hydroxyl groups is 1. The number of nitrogens with one attached hydrogen (secondary N) is 1. The maximum atomic E-state index is 10.2. The summed E-state index contributed by atoms with van der Waals surface area (Å²) in [7, 11) is 0. The van der Waals surface area contributed by atoms with E-state index in [-0.39, 0.29) is 11.8 Å². The lowest BCUT2D eigenvalue weighted by molar-refractivity contribution is 0.200. The number of rotatable bonds is 3. The van der Waals surface area contributed by atoms with E-state index in [2.05, 4.69) is 32.7 Å². The number of benzene rings is 1. The van der Waals surface area contributed by atoms with Crippen LogP contribution in [-0.4, -0.2) is 36.2 Å². The second kappa shape index (κ2) is 5.73. The predicted octanol–water partition coefficient (Wildman–Crippen LogP) is 1.87. The van der Waals surface area contributed by atoms with Gasteiger partial charge in [0.2, 0.25) is 0 Å². The van der Waals surface area contributed by atoms with Crippen molar-refractivity contribution < 1.29 is 5.11 Å². The van der Waals surface area contributed by atoms with E-state index < -0.39 is 0 Å². The van der Waals surface area contributed by atoms with Crippen LogP contribution in [0.4, 0.5) is 5.69 Å². The summed E-state index contributed by atoms with van der Waals surface area (Å²) in [6, 6.07) is 3.54. The molecule has 1 fully saturated rings. The number of hydrogen-bond acceptors (Lipinski definition) is 4. The van der Waals surface area contributed by atoms with E-state index in [1.807, 2.05) is 12.1 Å². The van der Waals surface area contributed by atoms with E-state index in [1.165, 1.54) is 0 Å². The summed E-state index contributed by atoms with van der Waals surface area (Å²) in [5, 5.41) is 13.5. The Kier molecular flexibility index (Phi) is 4.27. The minimum atomic E-state index is -0.0232. The van der Waals surface area contributed by atoms with Gasteiger partial charge in [-0.3, -0.25) is 4.90 Å². The third-order valence-corrected chi connectivity index (χ3v) is 3.95.